The normalized spacial score (nSPS) is 25.7. The molecule has 1 rings (SSSR count). The first-order chi connectivity index (χ1) is 12.2. The van der Waals surface area contributed by atoms with E-state index in [-0.39, 0.29) is 411 Å². The molecule has 6 atom stereocenters. The molecule has 0 amide bonds. The fourth-order valence-corrected chi connectivity index (χ4v) is 4.41. The molecule has 18 nitrogen and oxygen atoms in total. The summed E-state index contributed by atoms with van der Waals surface area (Å²) in [7, 11) is -24.8. The summed E-state index contributed by atoms with van der Waals surface area (Å²) in [6.07, 6.45) is -17.6. The van der Waals surface area contributed by atoms with Crippen LogP contribution in [-0.2, 0) is 36.4 Å². The molecule has 2 unspecified atom stereocenters. The van der Waals surface area contributed by atoms with Crippen LogP contribution in [0.4, 0.5) is 0 Å². The Morgan fingerprint density at radius 1 is 0.389 bits per heavy atom. The predicted molar refractivity (Wildman–Crippen MR) is 61.9 cm³/mol. The van der Waals surface area contributed by atoms with E-state index in [9.17, 15) is 67.6 Å². The zero-order valence-electron chi connectivity index (χ0n) is 20.7. The van der Waals surface area contributed by atoms with Crippen molar-refractivity contribution < 1.29 is 497 Å². The summed E-state index contributed by atoms with van der Waals surface area (Å²) in [5, 5.41) is 19.7. The molecule has 36 heavy (non-hydrogen) atoms. The van der Waals surface area contributed by atoms with E-state index in [2.05, 4.69) is 18.1 Å². The van der Waals surface area contributed by atoms with Gasteiger partial charge in [-0.05, 0) is 0 Å². The third kappa shape index (κ3) is 31.0. The Morgan fingerprint density at radius 2 is 0.556 bits per heavy atom. The van der Waals surface area contributed by atoms with Crippen LogP contribution in [0.1, 0.15) is 0 Å². The molecule has 168 valence electrons. The summed E-state index contributed by atoms with van der Waals surface area (Å²) < 4.78 is 57.8. The van der Waals surface area contributed by atoms with Crippen LogP contribution in [0.2, 0.25) is 0 Å². The zero-order valence-corrected chi connectivity index (χ0v) is 49.2. The van der Waals surface area contributed by atoms with Crippen LogP contribution in [0.3, 0.4) is 0 Å². The number of phosphoric acid groups is 4. The number of hydrogen-bond acceptors (Lipinski definition) is 18. The molecule has 1 aliphatic carbocycles. The maximum atomic E-state index is 10.8. The molecule has 0 aromatic rings. The Hall–Kier alpha value is 13.5. The van der Waals surface area contributed by atoms with Crippen molar-refractivity contribution in [1.29, 1.82) is 0 Å². The Labute approximate surface area is 546 Å². The fraction of sp³-hybridized carbons (Fsp3) is 1.00. The van der Waals surface area contributed by atoms with Crippen molar-refractivity contribution in [3.8, 4) is 0 Å². The van der Waals surface area contributed by atoms with Crippen molar-refractivity contribution in [3.05, 3.63) is 0 Å². The van der Waals surface area contributed by atoms with Crippen molar-refractivity contribution >= 4 is 31.3 Å². The SMILES string of the molecule is O=P([O-])([O-])OC1[C@@H](O)[C@H](OP(=O)([O-])[O-])C(OP(=O)([O-])[O-])[C@H](OP(=O)([O-])[O-])[C@@H]1O.[K+].[K+].[K+].[K+].[K+].[K+].[K+].[K+]. The summed E-state index contributed by atoms with van der Waals surface area (Å²) in [6.45, 7) is 0. The van der Waals surface area contributed by atoms with Crippen LogP contribution in [-0.4, -0.2) is 46.8 Å². The van der Waals surface area contributed by atoms with Crippen LogP contribution < -0.4 is 450 Å². The van der Waals surface area contributed by atoms with Crippen molar-refractivity contribution in [3.63, 3.8) is 0 Å². The van der Waals surface area contributed by atoms with E-state index >= 15 is 0 Å². The topological polar surface area (TPSA) is 330 Å². The molecule has 2 N–H and O–H groups in total. The summed E-state index contributed by atoms with van der Waals surface area (Å²) in [4.78, 5) is 86.1. The van der Waals surface area contributed by atoms with Gasteiger partial charge in [0.15, 0.2) is 0 Å². The van der Waals surface area contributed by atoms with Gasteiger partial charge in [0.2, 0.25) is 0 Å². The van der Waals surface area contributed by atoms with Crippen LogP contribution in [0, 0.1) is 0 Å². The number of hydrogen-bond donors (Lipinski definition) is 2. The van der Waals surface area contributed by atoms with Crippen LogP contribution in [0.25, 0.3) is 0 Å². The number of phosphoric ester groups is 4. The van der Waals surface area contributed by atoms with Gasteiger partial charge in [-0.25, -0.2) is 0 Å². The number of aliphatic hydroxyl groups excluding tert-OH is 2. The molecule has 0 aromatic heterocycles. The van der Waals surface area contributed by atoms with Crippen molar-refractivity contribution in [1.82, 2.24) is 0 Å². The first kappa shape index (κ1) is 67.6. The van der Waals surface area contributed by atoms with Crippen molar-refractivity contribution in [2.45, 2.75) is 36.6 Å². The summed E-state index contributed by atoms with van der Waals surface area (Å²) in [5.74, 6) is 0. The summed E-state index contributed by atoms with van der Waals surface area (Å²) in [6, 6.07) is 0. The second kappa shape index (κ2) is 30.9. The first-order valence-corrected chi connectivity index (χ1v) is 12.2. The van der Waals surface area contributed by atoms with Crippen molar-refractivity contribution in [2.75, 3.05) is 0 Å². The Balaban J connectivity index is -0.000000163. The number of aliphatic hydroxyl groups is 2. The van der Waals surface area contributed by atoms with E-state index in [1.807, 2.05) is 0 Å². The van der Waals surface area contributed by atoms with E-state index in [1.165, 1.54) is 0 Å². The molecule has 0 aromatic carbocycles. The average Bonchev–Trinajstić information content (AvgIpc) is 2.39. The van der Waals surface area contributed by atoms with Crippen molar-refractivity contribution in [2.24, 2.45) is 0 Å². The van der Waals surface area contributed by atoms with Gasteiger partial charge in [0, 0.05) is 0 Å². The van der Waals surface area contributed by atoms with Gasteiger partial charge in [-0.3, -0.25) is 0 Å². The maximum Gasteiger partial charge on any atom is 1.00 e. The monoisotopic (exact) mass is 804 g/mol. The first-order valence-electron chi connectivity index (χ1n) is 6.38. The van der Waals surface area contributed by atoms with E-state index < -0.39 is 67.9 Å². The van der Waals surface area contributed by atoms with E-state index in [0.717, 1.165) is 0 Å². The van der Waals surface area contributed by atoms with Gasteiger partial charge in [-0.15, -0.1) is 0 Å². The minimum atomic E-state index is -6.24. The summed E-state index contributed by atoms with van der Waals surface area (Å²) >= 11 is 0. The van der Waals surface area contributed by atoms with E-state index in [1.54, 1.807) is 0 Å². The van der Waals surface area contributed by atoms with Crippen LogP contribution in [0.15, 0.2) is 0 Å². The van der Waals surface area contributed by atoms with Gasteiger partial charge in [-0.1, -0.05) is 0 Å². The third-order valence-electron chi connectivity index (χ3n) is 3.00. The van der Waals surface area contributed by atoms with Gasteiger partial charge in [0.05, 0.1) is 31.3 Å². The standard InChI is InChI=1S/C6H16O18P4.8K/c7-1-3(21-25(9,10)11)2(8)5(23-27(15,16)17)6(24-28(18,19)20)4(1)22-26(12,13)14;;;;;;;;/h1-8H,(H2,9,10,11)(H2,12,13,14)(H2,15,16,17)(H2,18,19,20);;;;;;;;/q;8*+1/p-8/t1-,2-,3?,4-,5+,6?;;;;;;;;/m1......../s1. The van der Waals surface area contributed by atoms with Gasteiger partial charge in [0.25, 0.3) is 0 Å². The predicted octanol–water partition coefficient (Wildman–Crippen LogP) is -32.4. The molecule has 1 aliphatic rings. The molecular formula is C6H8K8O18P4. The van der Waals surface area contributed by atoms with Gasteiger partial charge >= 0.3 is 411 Å². The van der Waals surface area contributed by atoms with Gasteiger partial charge in [-0.2, -0.15) is 0 Å². The Morgan fingerprint density at radius 3 is 0.750 bits per heavy atom. The largest absolute Gasteiger partial charge is 1.00 e. The molecule has 1 fully saturated rings. The minimum absolute atomic E-state index is 0. The molecule has 0 aliphatic heterocycles. The second-order valence-electron chi connectivity index (χ2n) is 5.05. The van der Waals surface area contributed by atoms with E-state index in [0.29, 0.717) is 0 Å². The molecule has 0 heterocycles. The van der Waals surface area contributed by atoms with Crippen LogP contribution in [0.5, 0.6) is 0 Å². The fourth-order valence-electron chi connectivity index (χ4n) is 2.24. The molecular weight excluding hydrogens is 797 g/mol. The molecule has 0 radical (unpaired) electrons. The average molecular weight is 805 g/mol. The molecule has 0 spiro atoms. The Bertz CT molecular complexity index is 716. The molecule has 0 bridgehead atoms. The second-order valence-corrected chi connectivity index (χ2v) is 9.47. The smallest absolute Gasteiger partial charge is 0.790 e. The quantitative estimate of drug-likeness (QED) is 0.170. The minimum Gasteiger partial charge on any atom is -0.790 e. The molecule has 30 heteroatoms. The van der Waals surface area contributed by atoms with Crippen LogP contribution >= 0.6 is 31.3 Å². The molecule has 0 saturated heterocycles. The zero-order chi connectivity index (χ0) is 22.3. The Kier molecular flexibility index (Phi) is 57.9. The third-order valence-corrected chi connectivity index (χ3v) is 5.00. The number of rotatable bonds is 8. The summed E-state index contributed by atoms with van der Waals surface area (Å²) in [5.41, 5.74) is 0. The maximum absolute atomic E-state index is 10.8. The van der Waals surface area contributed by atoms with Gasteiger partial charge in [0.1, 0.15) is 36.6 Å². The molecule has 1 saturated carbocycles. The van der Waals surface area contributed by atoms with E-state index in [4.69, 9.17) is 0 Å². The van der Waals surface area contributed by atoms with Gasteiger partial charge < -0.3 is 85.7 Å².